The van der Waals surface area contributed by atoms with Crippen LogP contribution in [0.15, 0.2) is 12.4 Å². The molecule has 0 spiro atoms. The van der Waals surface area contributed by atoms with Gasteiger partial charge in [-0.2, -0.15) is 0 Å². The second-order valence-electron chi connectivity index (χ2n) is 5.26. The van der Waals surface area contributed by atoms with Gasteiger partial charge in [-0.25, -0.2) is 9.97 Å². The lowest BCUT2D eigenvalue weighted by Crippen LogP contribution is -2.34. The number of aromatic nitrogens is 2. The molecule has 0 aromatic carbocycles. The predicted molar refractivity (Wildman–Crippen MR) is 79.7 cm³/mol. The van der Waals surface area contributed by atoms with Gasteiger partial charge in [-0.1, -0.05) is 6.92 Å². The Kier molecular flexibility index (Phi) is 5.39. The van der Waals surface area contributed by atoms with Crippen LogP contribution in [0.3, 0.4) is 0 Å². The standard InChI is InChI=1S/C14H25N5/c1-3-6-16-13-9-14(18-11-17-13)19(2)10-12-4-7-15-8-5-12/h9,11-12,15H,3-8,10H2,1-2H3,(H,16,17,18). The summed E-state index contributed by atoms with van der Waals surface area (Å²) < 4.78 is 0. The summed E-state index contributed by atoms with van der Waals surface area (Å²) in [6.07, 6.45) is 5.27. The molecule has 0 bridgehead atoms. The van der Waals surface area contributed by atoms with Gasteiger partial charge in [-0.15, -0.1) is 0 Å². The number of nitrogens with zero attached hydrogens (tertiary/aromatic N) is 3. The molecule has 0 saturated carbocycles. The molecule has 2 heterocycles. The van der Waals surface area contributed by atoms with Crippen molar-refractivity contribution in [3.05, 3.63) is 12.4 Å². The molecular formula is C14H25N5. The second kappa shape index (κ2) is 7.28. The zero-order valence-electron chi connectivity index (χ0n) is 12.0. The maximum atomic E-state index is 4.37. The summed E-state index contributed by atoms with van der Waals surface area (Å²) in [6, 6.07) is 2.04. The first-order valence-electron chi connectivity index (χ1n) is 7.27. The lowest BCUT2D eigenvalue weighted by molar-refractivity contribution is 0.377. The van der Waals surface area contributed by atoms with E-state index in [0.717, 1.165) is 50.2 Å². The van der Waals surface area contributed by atoms with Crippen molar-refractivity contribution in [3.8, 4) is 0 Å². The number of piperidine rings is 1. The Hall–Kier alpha value is -1.36. The first kappa shape index (κ1) is 14.1. The molecule has 1 saturated heterocycles. The van der Waals surface area contributed by atoms with E-state index in [-0.39, 0.29) is 0 Å². The van der Waals surface area contributed by atoms with Crippen molar-refractivity contribution in [3.63, 3.8) is 0 Å². The topological polar surface area (TPSA) is 53.1 Å². The van der Waals surface area contributed by atoms with Gasteiger partial charge in [-0.3, -0.25) is 0 Å². The number of hydrogen-bond donors (Lipinski definition) is 2. The highest BCUT2D eigenvalue weighted by Crippen LogP contribution is 2.18. The summed E-state index contributed by atoms with van der Waals surface area (Å²) in [5, 5.41) is 6.71. The zero-order valence-corrected chi connectivity index (χ0v) is 12.0. The van der Waals surface area contributed by atoms with E-state index in [4.69, 9.17) is 0 Å². The van der Waals surface area contributed by atoms with Gasteiger partial charge < -0.3 is 15.5 Å². The third-order valence-electron chi connectivity index (χ3n) is 3.59. The average molecular weight is 263 g/mol. The van der Waals surface area contributed by atoms with Crippen LogP contribution in [-0.4, -0.2) is 43.2 Å². The molecule has 1 aliphatic rings. The summed E-state index contributed by atoms with van der Waals surface area (Å²) >= 11 is 0. The summed E-state index contributed by atoms with van der Waals surface area (Å²) in [7, 11) is 2.12. The van der Waals surface area contributed by atoms with Crippen molar-refractivity contribution in [1.82, 2.24) is 15.3 Å². The highest BCUT2D eigenvalue weighted by molar-refractivity contribution is 5.47. The molecule has 1 aromatic heterocycles. The van der Waals surface area contributed by atoms with E-state index < -0.39 is 0 Å². The minimum absolute atomic E-state index is 0.772. The first-order valence-corrected chi connectivity index (χ1v) is 7.27. The van der Waals surface area contributed by atoms with Crippen molar-refractivity contribution in [2.75, 3.05) is 43.4 Å². The molecule has 1 fully saturated rings. The summed E-state index contributed by atoms with van der Waals surface area (Å²) in [4.78, 5) is 10.9. The van der Waals surface area contributed by atoms with Crippen molar-refractivity contribution in [1.29, 1.82) is 0 Å². The molecule has 0 unspecified atom stereocenters. The van der Waals surface area contributed by atoms with E-state index in [2.05, 4.69) is 39.5 Å². The van der Waals surface area contributed by atoms with E-state index in [0.29, 0.717) is 0 Å². The molecule has 0 amide bonds. The number of nitrogens with one attached hydrogen (secondary N) is 2. The van der Waals surface area contributed by atoms with E-state index >= 15 is 0 Å². The molecule has 2 N–H and O–H groups in total. The van der Waals surface area contributed by atoms with Crippen LogP contribution in [0.2, 0.25) is 0 Å². The summed E-state index contributed by atoms with van der Waals surface area (Å²) in [5.41, 5.74) is 0. The summed E-state index contributed by atoms with van der Waals surface area (Å²) in [5.74, 6) is 2.70. The Morgan fingerprint density at radius 1 is 1.37 bits per heavy atom. The molecule has 1 aliphatic heterocycles. The minimum Gasteiger partial charge on any atom is -0.370 e. The Morgan fingerprint density at radius 2 is 2.16 bits per heavy atom. The van der Waals surface area contributed by atoms with E-state index in [9.17, 15) is 0 Å². The molecule has 0 atom stereocenters. The highest BCUT2D eigenvalue weighted by Gasteiger charge is 2.16. The number of hydrogen-bond acceptors (Lipinski definition) is 5. The zero-order chi connectivity index (χ0) is 13.5. The van der Waals surface area contributed by atoms with Gasteiger partial charge in [0.1, 0.15) is 18.0 Å². The van der Waals surface area contributed by atoms with Gasteiger partial charge in [0.2, 0.25) is 0 Å². The van der Waals surface area contributed by atoms with Crippen LogP contribution in [-0.2, 0) is 0 Å². The first-order chi connectivity index (χ1) is 9.29. The van der Waals surface area contributed by atoms with Gasteiger partial charge in [0.25, 0.3) is 0 Å². The maximum Gasteiger partial charge on any atom is 0.133 e. The monoisotopic (exact) mass is 263 g/mol. The molecule has 5 heteroatoms. The van der Waals surface area contributed by atoms with Gasteiger partial charge in [0, 0.05) is 26.2 Å². The molecule has 5 nitrogen and oxygen atoms in total. The molecule has 2 rings (SSSR count). The normalized spacial score (nSPS) is 16.3. The molecule has 19 heavy (non-hydrogen) atoms. The predicted octanol–water partition coefficient (Wildman–Crippen LogP) is 1.73. The fraction of sp³-hybridized carbons (Fsp3) is 0.714. The molecule has 0 aliphatic carbocycles. The largest absolute Gasteiger partial charge is 0.370 e. The third kappa shape index (κ3) is 4.35. The summed E-state index contributed by atoms with van der Waals surface area (Å²) in [6.45, 7) is 6.47. The number of rotatable bonds is 6. The maximum absolute atomic E-state index is 4.37. The average Bonchev–Trinajstić information content (AvgIpc) is 2.46. The van der Waals surface area contributed by atoms with E-state index in [1.54, 1.807) is 6.33 Å². The highest BCUT2D eigenvalue weighted by atomic mass is 15.2. The number of anilines is 2. The van der Waals surface area contributed by atoms with Crippen LogP contribution in [0.1, 0.15) is 26.2 Å². The molecule has 0 radical (unpaired) electrons. The Balaban J connectivity index is 1.91. The van der Waals surface area contributed by atoms with E-state index in [1.165, 1.54) is 12.8 Å². The lowest BCUT2D eigenvalue weighted by Gasteiger charge is -2.28. The van der Waals surface area contributed by atoms with Crippen molar-refractivity contribution in [2.45, 2.75) is 26.2 Å². The van der Waals surface area contributed by atoms with Gasteiger partial charge in [-0.05, 0) is 38.3 Å². The Labute approximate surface area is 115 Å². The van der Waals surface area contributed by atoms with Crippen molar-refractivity contribution in [2.24, 2.45) is 5.92 Å². The molecular weight excluding hydrogens is 238 g/mol. The van der Waals surface area contributed by atoms with Gasteiger partial charge >= 0.3 is 0 Å². The van der Waals surface area contributed by atoms with Crippen molar-refractivity contribution >= 4 is 11.6 Å². The van der Waals surface area contributed by atoms with Crippen LogP contribution in [0, 0.1) is 5.92 Å². The van der Waals surface area contributed by atoms with Crippen LogP contribution >= 0.6 is 0 Å². The molecule has 1 aromatic rings. The van der Waals surface area contributed by atoms with Gasteiger partial charge in [0.15, 0.2) is 0 Å². The SMILES string of the molecule is CCCNc1cc(N(C)CC2CCNCC2)ncn1. The van der Waals surface area contributed by atoms with E-state index in [1.807, 2.05) is 6.07 Å². The fourth-order valence-corrected chi connectivity index (χ4v) is 2.45. The van der Waals surface area contributed by atoms with Crippen LogP contribution in [0.5, 0.6) is 0 Å². The van der Waals surface area contributed by atoms with Crippen LogP contribution in [0.4, 0.5) is 11.6 Å². The second-order valence-corrected chi connectivity index (χ2v) is 5.26. The Morgan fingerprint density at radius 3 is 2.89 bits per heavy atom. The van der Waals surface area contributed by atoms with Crippen LogP contribution in [0.25, 0.3) is 0 Å². The van der Waals surface area contributed by atoms with Crippen LogP contribution < -0.4 is 15.5 Å². The van der Waals surface area contributed by atoms with Crippen molar-refractivity contribution < 1.29 is 0 Å². The third-order valence-corrected chi connectivity index (χ3v) is 3.59. The quantitative estimate of drug-likeness (QED) is 0.818. The Bertz CT molecular complexity index is 376. The van der Waals surface area contributed by atoms with Gasteiger partial charge in [0.05, 0.1) is 0 Å². The molecule has 106 valence electrons. The smallest absolute Gasteiger partial charge is 0.133 e. The fourth-order valence-electron chi connectivity index (χ4n) is 2.45. The lowest BCUT2D eigenvalue weighted by atomic mass is 9.98. The minimum atomic E-state index is 0.772.